The van der Waals surface area contributed by atoms with E-state index in [1.54, 1.807) is 0 Å². The second kappa shape index (κ2) is 7.44. The summed E-state index contributed by atoms with van der Waals surface area (Å²) in [7, 11) is 0. The summed E-state index contributed by atoms with van der Waals surface area (Å²) in [6.07, 6.45) is 2.81. The van der Waals surface area contributed by atoms with Gasteiger partial charge in [0.25, 0.3) is 0 Å². The average Bonchev–Trinajstić information content (AvgIpc) is 2.39. The van der Waals surface area contributed by atoms with Gasteiger partial charge in [-0.1, -0.05) is 37.6 Å². The Morgan fingerprint density at radius 3 is 2.35 bits per heavy atom. The van der Waals surface area contributed by atoms with Gasteiger partial charge in [0.15, 0.2) is 0 Å². The second-order valence-corrected chi connectivity index (χ2v) is 5.91. The van der Waals surface area contributed by atoms with Crippen molar-refractivity contribution in [2.24, 2.45) is 11.1 Å². The Morgan fingerprint density at radius 2 is 1.85 bits per heavy atom. The predicted octanol–water partition coefficient (Wildman–Crippen LogP) is 3.62. The zero-order valence-electron chi connectivity index (χ0n) is 13.1. The molecule has 0 aliphatic heterocycles. The Kier molecular flexibility index (Phi) is 6.21. The van der Waals surface area contributed by atoms with Gasteiger partial charge in [-0.15, -0.1) is 0 Å². The Balaban J connectivity index is 2.70. The molecule has 0 spiro atoms. The molecular weight excluding hydrogens is 250 g/mol. The third kappa shape index (κ3) is 4.64. The Bertz CT molecular complexity index is 423. The van der Waals surface area contributed by atoms with Crippen LogP contribution in [-0.2, 0) is 16.0 Å². The van der Waals surface area contributed by atoms with Crippen LogP contribution in [0, 0.1) is 5.41 Å². The molecule has 20 heavy (non-hydrogen) atoms. The van der Waals surface area contributed by atoms with Gasteiger partial charge in [0.2, 0.25) is 0 Å². The molecule has 0 aliphatic rings. The van der Waals surface area contributed by atoms with E-state index in [0.717, 1.165) is 18.4 Å². The summed E-state index contributed by atoms with van der Waals surface area (Å²) in [4.78, 5) is 11.9. The lowest BCUT2D eigenvalue weighted by molar-refractivity contribution is -0.154. The highest BCUT2D eigenvalue weighted by Crippen LogP contribution is 2.30. The lowest BCUT2D eigenvalue weighted by atomic mass is 9.83. The maximum Gasteiger partial charge on any atom is 0.311 e. The minimum atomic E-state index is -0.558. The number of nitrogens with two attached hydrogens (primary N) is 1. The number of hydrogen-bond acceptors (Lipinski definition) is 3. The summed E-state index contributed by atoms with van der Waals surface area (Å²) >= 11 is 0. The Morgan fingerprint density at radius 1 is 1.25 bits per heavy atom. The highest BCUT2D eigenvalue weighted by atomic mass is 16.5. The molecule has 0 bridgehead atoms. The van der Waals surface area contributed by atoms with Crippen molar-refractivity contribution in [3.05, 3.63) is 35.4 Å². The molecule has 2 N–H and O–H groups in total. The largest absolute Gasteiger partial charge is 0.466 e. The molecule has 0 amide bonds. The van der Waals surface area contributed by atoms with Crippen LogP contribution in [0.5, 0.6) is 0 Å². The van der Waals surface area contributed by atoms with E-state index in [-0.39, 0.29) is 12.0 Å². The molecule has 0 radical (unpaired) electrons. The van der Waals surface area contributed by atoms with Gasteiger partial charge < -0.3 is 10.5 Å². The molecule has 0 saturated heterocycles. The number of carbonyl (C=O) groups excluding carboxylic acids is 1. The first-order valence-corrected chi connectivity index (χ1v) is 7.42. The first-order chi connectivity index (χ1) is 9.40. The number of carbonyl (C=O) groups is 1. The van der Waals surface area contributed by atoms with Gasteiger partial charge >= 0.3 is 5.97 Å². The van der Waals surface area contributed by atoms with Crippen molar-refractivity contribution in [1.82, 2.24) is 0 Å². The van der Waals surface area contributed by atoms with E-state index in [0.29, 0.717) is 13.0 Å². The van der Waals surface area contributed by atoms with Crippen LogP contribution in [-0.4, -0.2) is 12.6 Å². The maximum atomic E-state index is 11.9. The van der Waals surface area contributed by atoms with Crippen molar-refractivity contribution in [2.75, 3.05) is 6.61 Å². The van der Waals surface area contributed by atoms with Crippen molar-refractivity contribution in [1.29, 1.82) is 0 Å². The summed E-state index contributed by atoms with van der Waals surface area (Å²) in [5.41, 5.74) is 8.07. The first-order valence-electron chi connectivity index (χ1n) is 7.42. The molecule has 1 aromatic carbocycles. The molecule has 0 aromatic heterocycles. The van der Waals surface area contributed by atoms with Gasteiger partial charge in [0.05, 0.1) is 12.0 Å². The van der Waals surface area contributed by atoms with Gasteiger partial charge in [0.1, 0.15) is 0 Å². The highest BCUT2D eigenvalue weighted by molar-refractivity contribution is 5.75. The molecule has 3 nitrogen and oxygen atoms in total. The maximum absolute atomic E-state index is 11.9. The van der Waals surface area contributed by atoms with Crippen molar-refractivity contribution in [3.63, 3.8) is 0 Å². The van der Waals surface area contributed by atoms with Crippen LogP contribution in [0.2, 0.25) is 0 Å². The zero-order chi connectivity index (χ0) is 15.2. The molecule has 1 unspecified atom stereocenters. The third-order valence-corrected chi connectivity index (χ3v) is 3.50. The van der Waals surface area contributed by atoms with E-state index in [1.807, 2.05) is 20.8 Å². The highest BCUT2D eigenvalue weighted by Gasteiger charge is 2.31. The molecule has 1 atom stereocenters. The average molecular weight is 277 g/mol. The van der Waals surface area contributed by atoms with E-state index in [1.165, 1.54) is 5.56 Å². The molecule has 112 valence electrons. The van der Waals surface area contributed by atoms with Gasteiger partial charge in [-0.3, -0.25) is 4.79 Å². The molecule has 1 rings (SSSR count). The number of ether oxygens (including phenoxy) is 1. The van der Waals surface area contributed by atoms with Gasteiger partial charge in [-0.05, 0) is 44.7 Å². The molecule has 0 fully saturated rings. The van der Waals surface area contributed by atoms with E-state index in [9.17, 15) is 4.79 Å². The summed E-state index contributed by atoms with van der Waals surface area (Å²) < 4.78 is 5.10. The van der Waals surface area contributed by atoms with Gasteiger partial charge in [-0.2, -0.15) is 0 Å². The molecule has 0 heterocycles. The minimum Gasteiger partial charge on any atom is -0.466 e. The van der Waals surface area contributed by atoms with E-state index in [2.05, 4.69) is 31.2 Å². The third-order valence-electron chi connectivity index (χ3n) is 3.50. The molecule has 3 heteroatoms. The van der Waals surface area contributed by atoms with Crippen LogP contribution in [0.25, 0.3) is 0 Å². The summed E-state index contributed by atoms with van der Waals surface area (Å²) in [5.74, 6) is -0.182. The predicted molar refractivity (Wildman–Crippen MR) is 82.4 cm³/mol. The standard InChI is InChI=1S/C17H27NO2/c1-5-7-13-8-10-14(11-9-13)15(18)12-17(3,4)16(19)20-6-2/h8-11,15H,5-7,12,18H2,1-4H3. The van der Waals surface area contributed by atoms with E-state index < -0.39 is 5.41 Å². The molecule has 1 aromatic rings. The van der Waals surface area contributed by atoms with Gasteiger partial charge in [-0.25, -0.2) is 0 Å². The van der Waals surface area contributed by atoms with Crippen LogP contribution in [0.15, 0.2) is 24.3 Å². The number of benzene rings is 1. The first kappa shape index (κ1) is 16.7. The zero-order valence-corrected chi connectivity index (χ0v) is 13.1. The smallest absolute Gasteiger partial charge is 0.311 e. The SMILES string of the molecule is CCCc1ccc(C(N)CC(C)(C)C(=O)OCC)cc1. The number of esters is 1. The fourth-order valence-electron chi connectivity index (χ4n) is 2.30. The van der Waals surface area contributed by atoms with E-state index >= 15 is 0 Å². The number of aryl methyl sites for hydroxylation is 1. The van der Waals surface area contributed by atoms with E-state index in [4.69, 9.17) is 10.5 Å². The van der Waals surface area contributed by atoms with Crippen molar-refractivity contribution in [3.8, 4) is 0 Å². The monoisotopic (exact) mass is 277 g/mol. The fourth-order valence-corrected chi connectivity index (χ4v) is 2.30. The van der Waals surface area contributed by atoms with Crippen LogP contribution in [0.1, 0.15) is 57.7 Å². The Labute approximate surface area is 122 Å². The van der Waals surface area contributed by atoms with Crippen molar-refractivity contribution < 1.29 is 9.53 Å². The lowest BCUT2D eigenvalue weighted by Gasteiger charge is -2.26. The number of rotatable bonds is 7. The van der Waals surface area contributed by atoms with Crippen LogP contribution in [0.3, 0.4) is 0 Å². The van der Waals surface area contributed by atoms with Crippen molar-refractivity contribution in [2.45, 2.75) is 53.0 Å². The molecule has 0 saturated carbocycles. The van der Waals surface area contributed by atoms with Crippen LogP contribution < -0.4 is 5.73 Å². The quantitative estimate of drug-likeness (QED) is 0.774. The summed E-state index contributed by atoms with van der Waals surface area (Å²) in [6, 6.07) is 8.23. The lowest BCUT2D eigenvalue weighted by Crippen LogP contribution is -2.31. The normalized spacial score (nSPS) is 13.1. The van der Waals surface area contributed by atoms with Crippen LogP contribution in [0.4, 0.5) is 0 Å². The molecule has 0 aliphatic carbocycles. The second-order valence-electron chi connectivity index (χ2n) is 5.91. The topological polar surface area (TPSA) is 52.3 Å². The summed E-state index contributed by atoms with van der Waals surface area (Å²) in [5, 5.41) is 0. The minimum absolute atomic E-state index is 0.148. The number of hydrogen-bond donors (Lipinski definition) is 1. The Hall–Kier alpha value is -1.35. The summed E-state index contributed by atoms with van der Waals surface area (Å²) in [6.45, 7) is 8.16. The van der Waals surface area contributed by atoms with Gasteiger partial charge in [0, 0.05) is 6.04 Å². The van der Waals surface area contributed by atoms with Crippen molar-refractivity contribution >= 4 is 5.97 Å². The van der Waals surface area contributed by atoms with Crippen LogP contribution >= 0.6 is 0 Å². The molecular formula is C17H27NO2. The fraction of sp³-hybridized carbons (Fsp3) is 0.588.